The molecule has 1 amide bonds. The second kappa shape index (κ2) is 7.41. The number of rotatable bonds is 8. The predicted molar refractivity (Wildman–Crippen MR) is 83.1 cm³/mol. The molecule has 122 valence electrons. The summed E-state index contributed by atoms with van der Waals surface area (Å²) in [5.74, 6) is -0.174. The number of carbonyl (C=O) groups excluding carboxylic acids is 1. The number of anilines is 1. The van der Waals surface area contributed by atoms with Crippen molar-refractivity contribution in [2.75, 3.05) is 18.5 Å². The van der Waals surface area contributed by atoms with Gasteiger partial charge in [-0.3, -0.25) is 14.9 Å². The minimum atomic E-state index is -0.731. The van der Waals surface area contributed by atoms with Crippen LogP contribution in [0.3, 0.4) is 0 Å². The van der Waals surface area contributed by atoms with Gasteiger partial charge in [0.2, 0.25) is 5.91 Å². The Bertz CT molecular complexity index is 684. The first-order chi connectivity index (χ1) is 11.0. The van der Waals surface area contributed by atoms with E-state index in [0.29, 0.717) is 13.0 Å². The van der Waals surface area contributed by atoms with E-state index in [1.807, 2.05) is 0 Å². The van der Waals surface area contributed by atoms with Crippen LogP contribution in [0.15, 0.2) is 41.0 Å². The Hall–Kier alpha value is -2.87. The summed E-state index contributed by atoms with van der Waals surface area (Å²) in [7, 11) is 0. The van der Waals surface area contributed by atoms with Crippen LogP contribution in [0, 0.1) is 16.0 Å². The zero-order chi connectivity index (χ0) is 16.8. The van der Waals surface area contributed by atoms with E-state index in [4.69, 9.17) is 10.2 Å². The average Bonchev–Trinajstić information content (AvgIpc) is 3.03. The highest BCUT2D eigenvalue weighted by Gasteiger charge is 2.18. The van der Waals surface area contributed by atoms with Crippen LogP contribution in [-0.4, -0.2) is 29.1 Å². The fourth-order valence-corrected chi connectivity index (χ4v) is 2.15. The number of nitrogens with one attached hydrogen (secondary N) is 1. The Balaban J connectivity index is 2.09. The molecule has 0 saturated carbocycles. The van der Waals surface area contributed by atoms with Crippen molar-refractivity contribution >= 4 is 17.3 Å². The molecule has 1 atom stereocenters. The van der Waals surface area contributed by atoms with Gasteiger partial charge in [0, 0.05) is 37.1 Å². The van der Waals surface area contributed by atoms with E-state index in [0.717, 1.165) is 11.8 Å². The Morgan fingerprint density at radius 1 is 1.43 bits per heavy atom. The second-order valence-electron chi connectivity index (χ2n) is 5.07. The van der Waals surface area contributed by atoms with Gasteiger partial charge in [-0.25, -0.2) is 0 Å². The van der Waals surface area contributed by atoms with Crippen molar-refractivity contribution in [1.82, 2.24) is 0 Å². The number of aliphatic hydroxyl groups excluding tert-OH is 1. The third-order valence-corrected chi connectivity index (χ3v) is 3.39. The maximum absolute atomic E-state index is 11.1. The van der Waals surface area contributed by atoms with Crippen molar-refractivity contribution in [1.29, 1.82) is 0 Å². The number of aliphatic hydroxyl groups is 1. The summed E-state index contributed by atoms with van der Waals surface area (Å²) in [6, 6.07) is 7.53. The maximum atomic E-state index is 11.1. The fraction of sp³-hybridized carbons (Fsp3) is 0.267. The number of hydrogen-bond donors (Lipinski definition) is 3. The topological polar surface area (TPSA) is 132 Å². The minimum Gasteiger partial charge on any atom is -0.469 e. The lowest BCUT2D eigenvalue weighted by molar-refractivity contribution is -0.384. The number of carbonyl (C=O) groups is 1. The molecule has 1 aromatic heterocycles. The Morgan fingerprint density at radius 3 is 2.78 bits per heavy atom. The van der Waals surface area contributed by atoms with Crippen molar-refractivity contribution in [2.45, 2.75) is 6.42 Å². The maximum Gasteiger partial charge on any atom is 0.293 e. The molecule has 0 aliphatic heterocycles. The molecule has 0 aliphatic carbocycles. The van der Waals surface area contributed by atoms with Crippen molar-refractivity contribution < 1.29 is 19.2 Å². The van der Waals surface area contributed by atoms with Gasteiger partial charge < -0.3 is 20.6 Å². The Morgan fingerprint density at radius 2 is 2.22 bits per heavy atom. The highest BCUT2D eigenvalue weighted by Crippen LogP contribution is 2.26. The smallest absolute Gasteiger partial charge is 0.293 e. The molecule has 23 heavy (non-hydrogen) atoms. The van der Waals surface area contributed by atoms with E-state index in [1.165, 1.54) is 12.1 Å². The SMILES string of the molecule is NC(=O)c1ccc(NCC(CO)Cc2ccco2)c([N+](=O)[O-])c1. The summed E-state index contributed by atoms with van der Waals surface area (Å²) >= 11 is 0. The lowest BCUT2D eigenvalue weighted by Gasteiger charge is -2.15. The van der Waals surface area contributed by atoms with Gasteiger partial charge in [-0.1, -0.05) is 0 Å². The van der Waals surface area contributed by atoms with Crippen LogP contribution in [0.2, 0.25) is 0 Å². The van der Waals surface area contributed by atoms with E-state index in [-0.39, 0.29) is 29.5 Å². The summed E-state index contributed by atoms with van der Waals surface area (Å²) < 4.78 is 5.22. The molecule has 0 saturated heterocycles. The van der Waals surface area contributed by atoms with E-state index in [9.17, 15) is 20.0 Å². The number of benzene rings is 1. The molecular weight excluding hydrogens is 302 g/mol. The number of hydrogen-bond acceptors (Lipinski definition) is 6. The molecule has 1 unspecified atom stereocenters. The summed E-state index contributed by atoms with van der Waals surface area (Å²) in [4.78, 5) is 21.6. The third kappa shape index (κ3) is 4.30. The zero-order valence-corrected chi connectivity index (χ0v) is 12.3. The van der Waals surface area contributed by atoms with E-state index >= 15 is 0 Å². The Kier molecular flexibility index (Phi) is 5.32. The zero-order valence-electron chi connectivity index (χ0n) is 12.3. The molecule has 4 N–H and O–H groups in total. The summed E-state index contributed by atoms with van der Waals surface area (Å²) in [6.45, 7) is 0.217. The first kappa shape index (κ1) is 16.5. The fourth-order valence-electron chi connectivity index (χ4n) is 2.15. The van der Waals surface area contributed by atoms with Gasteiger partial charge in [0.1, 0.15) is 11.4 Å². The number of nitrogens with two attached hydrogens (primary N) is 1. The van der Waals surface area contributed by atoms with E-state index in [1.54, 1.807) is 18.4 Å². The van der Waals surface area contributed by atoms with Crippen LogP contribution in [0.1, 0.15) is 16.1 Å². The van der Waals surface area contributed by atoms with Crippen LogP contribution in [0.5, 0.6) is 0 Å². The standard InChI is InChI=1S/C15H17N3O5/c16-15(20)11-3-4-13(14(7-11)18(21)22)17-8-10(9-19)6-12-2-1-5-23-12/h1-5,7,10,17,19H,6,8-9H2,(H2,16,20). The number of nitrogens with zero attached hydrogens (tertiary/aromatic N) is 1. The number of nitro benzene ring substituents is 1. The minimum absolute atomic E-state index is 0.0662. The van der Waals surface area contributed by atoms with Crippen LogP contribution < -0.4 is 11.1 Å². The molecule has 0 bridgehead atoms. The molecule has 1 heterocycles. The van der Waals surface area contributed by atoms with Crippen molar-refractivity contribution in [3.05, 3.63) is 58.0 Å². The Labute approximate surface area is 132 Å². The molecule has 0 radical (unpaired) electrons. The largest absolute Gasteiger partial charge is 0.469 e. The molecule has 2 aromatic rings. The van der Waals surface area contributed by atoms with Gasteiger partial charge in [0.05, 0.1) is 11.2 Å². The lowest BCUT2D eigenvalue weighted by atomic mass is 10.0. The highest BCUT2D eigenvalue weighted by molar-refractivity contribution is 5.94. The predicted octanol–water partition coefficient (Wildman–Crippen LogP) is 1.55. The average molecular weight is 319 g/mol. The molecule has 2 rings (SSSR count). The summed E-state index contributed by atoms with van der Waals surface area (Å²) in [6.07, 6.45) is 2.05. The van der Waals surface area contributed by atoms with Gasteiger partial charge in [-0.2, -0.15) is 0 Å². The van der Waals surface area contributed by atoms with Gasteiger partial charge in [0.15, 0.2) is 0 Å². The van der Waals surface area contributed by atoms with Crippen LogP contribution in [-0.2, 0) is 6.42 Å². The third-order valence-electron chi connectivity index (χ3n) is 3.39. The number of furan rings is 1. The lowest BCUT2D eigenvalue weighted by Crippen LogP contribution is -2.20. The van der Waals surface area contributed by atoms with Gasteiger partial charge >= 0.3 is 0 Å². The van der Waals surface area contributed by atoms with Crippen molar-refractivity contribution in [2.24, 2.45) is 11.7 Å². The summed E-state index contributed by atoms with van der Waals surface area (Å²) in [5.41, 5.74) is 5.22. The number of amides is 1. The normalized spacial score (nSPS) is 11.9. The van der Waals surface area contributed by atoms with E-state index in [2.05, 4.69) is 5.32 Å². The molecule has 0 fully saturated rings. The second-order valence-corrected chi connectivity index (χ2v) is 5.07. The molecule has 1 aromatic carbocycles. The van der Waals surface area contributed by atoms with Crippen molar-refractivity contribution in [3.63, 3.8) is 0 Å². The van der Waals surface area contributed by atoms with Crippen LogP contribution >= 0.6 is 0 Å². The summed E-state index contributed by atoms with van der Waals surface area (Å²) in [5, 5.41) is 23.5. The molecule has 0 aliphatic rings. The number of primary amides is 1. The molecule has 8 heteroatoms. The molecular formula is C15H17N3O5. The van der Waals surface area contributed by atoms with Gasteiger partial charge in [-0.15, -0.1) is 0 Å². The monoisotopic (exact) mass is 319 g/mol. The van der Waals surface area contributed by atoms with Crippen LogP contribution in [0.4, 0.5) is 11.4 Å². The van der Waals surface area contributed by atoms with E-state index < -0.39 is 10.8 Å². The van der Waals surface area contributed by atoms with Crippen LogP contribution in [0.25, 0.3) is 0 Å². The molecule has 0 spiro atoms. The quantitative estimate of drug-likeness (QED) is 0.499. The molecule has 8 nitrogen and oxygen atoms in total. The van der Waals surface area contributed by atoms with Gasteiger partial charge in [0.25, 0.3) is 5.69 Å². The number of nitro groups is 1. The highest BCUT2D eigenvalue weighted by atomic mass is 16.6. The van der Waals surface area contributed by atoms with Gasteiger partial charge in [-0.05, 0) is 24.3 Å². The first-order valence-electron chi connectivity index (χ1n) is 6.96. The van der Waals surface area contributed by atoms with Crippen molar-refractivity contribution in [3.8, 4) is 0 Å². The first-order valence-corrected chi connectivity index (χ1v) is 6.96.